The second kappa shape index (κ2) is 14.9. The Morgan fingerprint density at radius 3 is 1.56 bits per heavy atom. The number of aryl methyl sites for hydroxylation is 1. The van der Waals surface area contributed by atoms with Crippen LogP contribution in [-0.2, 0) is 53.1 Å². The van der Waals surface area contributed by atoms with Crippen molar-refractivity contribution < 1.29 is 36.7 Å². The number of rotatable bonds is 13. The number of hydrogen-bond acceptors (Lipinski definition) is 8. The van der Waals surface area contributed by atoms with Gasteiger partial charge in [-0.1, -0.05) is 109 Å². The van der Waals surface area contributed by atoms with Gasteiger partial charge in [-0.25, -0.2) is 0 Å². The summed E-state index contributed by atoms with van der Waals surface area (Å²) in [4.78, 5) is 0.0251. The van der Waals surface area contributed by atoms with Crippen LogP contribution in [0.5, 0.6) is 0 Å². The molecule has 4 aromatic carbocycles. The van der Waals surface area contributed by atoms with E-state index in [0.29, 0.717) is 0 Å². The zero-order valence-corrected chi connectivity index (χ0v) is 24.7. The third-order valence-corrected chi connectivity index (χ3v) is 8.46. The molecule has 9 heteroatoms. The second-order valence-electron chi connectivity index (χ2n) is 10.4. The molecule has 1 heterocycles. The molecule has 1 fully saturated rings. The van der Waals surface area contributed by atoms with E-state index < -0.39 is 47.4 Å². The minimum atomic E-state index is -4.11. The Bertz CT molecular complexity index is 1500. The van der Waals surface area contributed by atoms with Crippen LogP contribution < -0.4 is 0 Å². The van der Waals surface area contributed by atoms with E-state index in [9.17, 15) is 13.5 Å². The molecule has 43 heavy (non-hydrogen) atoms. The maximum Gasteiger partial charge on any atom is 0.297 e. The predicted molar refractivity (Wildman–Crippen MR) is 160 cm³/mol. The maximum atomic E-state index is 13.0. The van der Waals surface area contributed by atoms with Crippen molar-refractivity contribution in [1.82, 2.24) is 0 Å². The fourth-order valence-corrected chi connectivity index (χ4v) is 5.75. The van der Waals surface area contributed by atoms with Crippen molar-refractivity contribution in [3.8, 4) is 0 Å². The molecular weight excluding hydrogens is 568 g/mol. The summed E-state index contributed by atoms with van der Waals surface area (Å²) in [5.74, 6) is 0. The van der Waals surface area contributed by atoms with Crippen molar-refractivity contribution in [2.75, 3.05) is 6.61 Å². The molecule has 5 atom stereocenters. The van der Waals surface area contributed by atoms with Gasteiger partial charge in [0.25, 0.3) is 10.1 Å². The van der Waals surface area contributed by atoms with Crippen LogP contribution in [0.1, 0.15) is 22.3 Å². The van der Waals surface area contributed by atoms with Gasteiger partial charge >= 0.3 is 0 Å². The molecule has 1 N–H and O–H groups in total. The average Bonchev–Trinajstić information content (AvgIpc) is 3.03. The molecular formula is C34H36O8S. The fraction of sp³-hybridized carbons (Fsp3) is 0.294. The number of aliphatic hydroxyl groups excluding tert-OH is 1. The number of benzene rings is 4. The highest BCUT2D eigenvalue weighted by Gasteiger charge is 2.48. The molecule has 8 nitrogen and oxygen atoms in total. The lowest BCUT2D eigenvalue weighted by molar-refractivity contribution is -0.314. The van der Waals surface area contributed by atoms with Gasteiger partial charge in [-0.3, -0.25) is 4.18 Å². The van der Waals surface area contributed by atoms with Crippen molar-refractivity contribution in [3.05, 3.63) is 138 Å². The summed E-state index contributed by atoms with van der Waals surface area (Å²) in [6.45, 7) is 2.08. The summed E-state index contributed by atoms with van der Waals surface area (Å²) in [6, 6.07) is 35.1. The first-order valence-electron chi connectivity index (χ1n) is 14.2. The van der Waals surface area contributed by atoms with Gasteiger partial charge in [-0.15, -0.1) is 0 Å². The molecule has 0 amide bonds. The average molecular weight is 605 g/mol. The van der Waals surface area contributed by atoms with E-state index in [2.05, 4.69) is 0 Å². The van der Waals surface area contributed by atoms with Crippen LogP contribution in [-0.4, -0.2) is 50.8 Å². The Balaban J connectivity index is 1.40. The van der Waals surface area contributed by atoms with Gasteiger partial charge in [0.1, 0.15) is 24.4 Å². The topological polar surface area (TPSA) is 101 Å². The van der Waals surface area contributed by atoms with Gasteiger partial charge in [0.15, 0.2) is 6.29 Å². The zero-order valence-electron chi connectivity index (χ0n) is 23.9. The highest BCUT2D eigenvalue weighted by molar-refractivity contribution is 7.86. The van der Waals surface area contributed by atoms with Gasteiger partial charge in [-0.05, 0) is 35.7 Å². The SMILES string of the molecule is Cc1ccc(S(=O)(=O)OC[C@H]2O[C@@H](O)[C@H](OCc3ccccc3)[C@@H](OCc3ccccc3)[C@@H]2OCc2ccccc2)cc1. The molecule has 1 saturated heterocycles. The highest BCUT2D eigenvalue weighted by atomic mass is 32.2. The van der Waals surface area contributed by atoms with Gasteiger partial charge in [0.2, 0.25) is 0 Å². The maximum absolute atomic E-state index is 13.0. The molecule has 0 aliphatic carbocycles. The molecule has 0 bridgehead atoms. The Morgan fingerprint density at radius 1 is 0.628 bits per heavy atom. The van der Waals surface area contributed by atoms with Crippen molar-refractivity contribution in [2.24, 2.45) is 0 Å². The van der Waals surface area contributed by atoms with Crippen molar-refractivity contribution in [2.45, 2.75) is 62.3 Å². The summed E-state index contributed by atoms with van der Waals surface area (Å²) < 4.78 is 56.5. The van der Waals surface area contributed by atoms with Crippen LogP contribution in [0.25, 0.3) is 0 Å². The molecule has 0 aromatic heterocycles. The molecule has 0 saturated carbocycles. The second-order valence-corrected chi connectivity index (χ2v) is 12.0. The van der Waals surface area contributed by atoms with Gasteiger partial charge in [-0.2, -0.15) is 8.42 Å². The monoisotopic (exact) mass is 604 g/mol. The summed E-state index contributed by atoms with van der Waals surface area (Å²) in [7, 11) is -4.11. The van der Waals surface area contributed by atoms with E-state index >= 15 is 0 Å². The van der Waals surface area contributed by atoms with Gasteiger partial charge < -0.3 is 24.1 Å². The molecule has 0 spiro atoms. The molecule has 1 aliphatic heterocycles. The van der Waals surface area contributed by atoms with Gasteiger partial charge in [0.05, 0.1) is 31.3 Å². The summed E-state index contributed by atoms with van der Waals surface area (Å²) in [5, 5.41) is 11.2. The third kappa shape index (κ3) is 8.58. The third-order valence-electron chi connectivity index (χ3n) is 7.16. The minimum Gasteiger partial charge on any atom is -0.368 e. The molecule has 5 rings (SSSR count). The van der Waals surface area contributed by atoms with Crippen molar-refractivity contribution >= 4 is 10.1 Å². The summed E-state index contributed by atoms with van der Waals surface area (Å²) in [5.41, 5.74) is 3.66. The van der Waals surface area contributed by atoms with E-state index in [-0.39, 0.29) is 24.7 Å². The van der Waals surface area contributed by atoms with E-state index in [1.807, 2.05) is 97.9 Å². The van der Waals surface area contributed by atoms with Crippen LogP contribution >= 0.6 is 0 Å². The molecule has 0 unspecified atom stereocenters. The lowest BCUT2D eigenvalue weighted by Gasteiger charge is -2.44. The van der Waals surface area contributed by atoms with E-state index in [1.165, 1.54) is 12.1 Å². The Labute approximate surface area is 252 Å². The first-order valence-corrected chi connectivity index (χ1v) is 15.6. The molecule has 0 radical (unpaired) electrons. The lowest BCUT2D eigenvalue weighted by atomic mass is 9.98. The van der Waals surface area contributed by atoms with E-state index in [1.54, 1.807) is 12.1 Å². The fourth-order valence-electron chi connectivity index (χ4n) is 4.83. The van der Waals surface area contributed by atoms with Crippen molar-refractivity contribution in [1.29, 1.82) is 0 Å². The molecule has 4 aromatic rings. The summed E-state index contributed by atoms with van der Waals surface area (Å²) >= 11 is 0. The zero-order chi connectivity index (χ0) is 30.1. The predicted octanol–water partition coefficient (Wildman–Crippen LogP) is 5.17. The lowest BCUT2D eigenvalue weighted by Crippen LogP contribution is -2.61. The number of ether oxygens (including phenoxy) is 4. The van der Waals surface area contributed by atoms with Crippen molar-refractivity contribution in [3.63, 3.8) is 0 Å². The molecule has 226 valence electrons. The molecule has 1 aliphatic rings. The van der Waals surface area contributed by atoms with Crippen LogP contribution in [0.15, 0.2) is 120 Å². The normalized spacial score (nSPS) is 22.3. The van der Waals surface area contributed by atoms with E-state index in [4.69, 9.17) is 23.1 Å². The standard InChI is InChI=1S/C34H36O8S/c1-25-17-19-29(20-18-25)43(36,37)41-24-30-31(38-21-26-11-5-2-6-12-26)32(39-22-27-13-7-3-8-14-27)33(34(35)42-30)40-23-28-15-9-4-10-16-28/h2-20,30-35H,21-24H2,1H3/t30-,31-,32+,33-,34-/m1/s1. The first kappa shape index (κ1) is 31.0. The highest BCUT2D eigenvalue weighted by Crippen LogP contribution is 2.30. The largest absolute Gasteiger partial charge is 0.368 e. The van der Waals surface area contributed by atoms with Crippen LogP contribution in [0.3, 0.4) is 0 Å². The van der Waals surface area contributed by atoms with Crippen LogP contribution in [0.2, 0.25) is 0 Å². The summed E-state index contributed by atoms with van der Waals surface area (Å²) in [6.07, 6.45) is -5.03. The minimum absolute atomic E-state index is 0.0251. The van der Waals surface area contributed by atoms with Crippen LogP contribution in [0, 0.1) is 6.92 Å². The van der Waals surface area contributed by atoms with Crippen LogP contribution in [0.4, 0.5) is 0 Å². The Kier molecular flexibility index (Phi) is 10.7. The quantitative estimate of drug-likeness (QED) is 0.209. The first-order chi connectivity index (χ1) is 20.9. The van der Waals surface area contributed by atoms with Gasteiger partial charge in [0, 0.05) is 0 Å². The number of aliphatic hydroxyl groups is 1. The van der Waals surface area contributed by atoms with E-state index in [0.717, 1.165) is 22.3 Å². The number of hydrogen-bond donors (Lipinski definition) is 1. The Hall–Kier alpha value is -3.41. The smallest absolute Gasteiger partial charge is 0.297 e. The Morgan fingerprint density at radius 2 is 1.07 bits per heavy atom.